The summed E-state index contributed by atoms with van der Waals surface area (Å²) in [4.78, 5) is 11.4. The SMILES string of the molecule is CCCC1CCC(C2CCC(CCc3ccc(C4CCC(C(=O)Cl)CC4)cc3)CC2)CC1. The number of carbonyl (C=O) groups is 1. The van der Waals surface area contributed by atoms with Gasteiger partial charge in [0.15, 0.2) is 0 Å². The maximum absolute atomic E-state index is 11.4. The molecule has 0 N–H and O–H groups in total. The van der Waals surface area contributed by atoms with Crippen molar-refractivity contribution >= 4 is 16.8 Å². The zero-order chi connectivity index (χ0) is 22.3. The molecule has 3 aliphatic rings. The van der Waals surface area contributed by atoms with Crippen molar-refractivity contribution in [3.05, 3.63) is 35.4 Å². The lowest BCUT2D eigenvalue weighted by Gasteiger charge is -2.38. The number of hydrogen-bond donors (Lipinski definition) is 0. The first-order valence-corrected chi connectivity index (χ1v) is 14.3. The number of benzene rings is 1. The lowest BCUT2D eigenvalue weighted by Crippen LogP contribution is -2.26. The Bertz CT molecular complexity index is 686. The number of hydrogen-bond acceptors (Lipinski definition) is 1. The number of carbonyl (C=O) groups excluding carboxylic acids is 1. The van der Waals surface area contributed by atoms with Gasteiger partial charge in [-0.05, 0) is 117 Å². The van der Waals surface area contributed by atoms with E-state index >= 15 is 0 Å². The van der Waals surface area contributed by atoms with Crippen LogP contribution >= 0.6 is 11.6 Å². The Kier molecular flexibility index (Phi) is 9.15. The summed E-state index contributed by atoms with van der Waals surface area (Å²) in [6.45, 7) is 2.35. The Labute approximate surface area is 202 Å². The van der Waals surface area contributed by atoms with E-state index in [1.165, 1.54) is 88.2 Å². The minimum absolute atomic E-state index is 0.0957. The van der Waals surface area contributed by atoms with Gasteiger partial charge >= 0.3 is 0 Å². The fraction of sp³-hybridized carbons (Fsp3) is 0.767. The zero-order valence-electron chi connectivity index (χ0n) is 20.4. The van der Waals surface area contributed by atoms with Crippen molar-refractivity contribution in [2.75, 3.05) is 0 Å². The van der Waals surface area contributed by atoms with E-state index in [-0.39, 0.29) is 11.2 Å². The number of rotatable bonds is 8. The normalized spacial score (nSPS) is 33.7. The molecule has 1 aromatic carbocycles. The fourth-order valence-electron chi connectivity index (χ4n) is 7.29. The van der Waals surface area contributed by atoms with Crippen LogP contribution in [0.3, 0.4) is 0 Å². The van der Waals surface area contributed by atoms with E-state index < -0.39 is 0 Å². The Hall–Kier alpha value is -0.820. The Balaban J connectivity index is 1.15. The lowest BCUT2D eigenvalue weighted by atomic mass is 9.68. The largest absolute Gasteiger partial charge is 0.281 e. The predicted octanol–water partition coefficient (Wildman–Crippen LogP) is 9.07. The standard InChI is InChI=1S/C30H45ClO/c1-2-3-22-6-12-25(13-7-22)26-14-8-23(9-15-26)4-5-24-10-16-27(17-11-24)28-18-20-29(21-19-28)30(31)32/h10-11,16-17,22-23,25-26,28-29H,2-9,12-15,18-21H2,1H3. The van der Waals surface area contributed by atoms with E-state index in [0.717, 1.165) is 49.4 Å². The van der Waals surface area contributed by atoms with E-state index in [4.69, 9.17) is 11.6 Å². The molecule has 0 heterocycles. The minimum Gasteiger partial charge on any atom is -0.281 e. The maximum atomic E-state index is 11.4. The van der Waals surface area contributed by atoms with Crippen LogP contribution in [-0.2, 0) is 11.2 Å². The Morgan fingerprint density at radius 1 is 0.750 bits per heavy atom. The topological polar surface area (TPSA) is 17.1 Å². The molecular formula is C30H45ClO. The Morgan fingerprint density at radius 2 is 1.28 bits per heavy atom. The van der Waals surface area contributed by atoms with Gasteiger partial charge in [-0.15, -0.1) is 0 Å². The quantitative estimate of drug-likeness (QED) is 0.356. The van der Waals surface area contributed by atoms with Crippen LogP contribution in [0.25, 0.3) is 0 Å². The van der Waals surface area contributed by atoms with Gasteiger partial charge in [-0.1, -0.05) is 69.7 Å². The van der Waals surface area contributed by atoms with Crippen molar-refractivity contribution in [3.63, 3.8) is 0 Å². The molecule has 0 aromatic heterocycles. The van der Waals surface area contributed by atoms with Crippen molar-refractivity contribution in [1.29, 1.82) is 0 Å². The first kappa shape index (κ1) is 24.3. The summed E-state index contributed by atoms with van der Waals surface area (Å²) in [6.07, 6.45) is 21.6. The highest BCUT2D eigenvalue weighted by Gasteiger charge is 2.30. The summed E-state index contributed by atoms with van der Waals surface area (Å²) in [5, 5.41) is -0.132. The van der Waals surface area contributed by atoms with Gasteiger partial charge < -0.3 is 0 Å². The van der Waals surface area contributed by atoms with Crippen LogP contribution in [0.15, 0.2) is 24.3 Å². The van der Waals surface area contributed by atoms with Crippen LogP contribution in [0.1, 0.15) is 120 Å². The van der Waals surface area contributed by atoms with Crippen molar-refractivity contribution in [3.8, 4) is 0 Å². The molecule has 0 aliphatic heterocycles. The summed E-state index contributed by atoms with van der Waals surface area (Å²) in [6, 6.07) is 9.45. The highest BCUT2D eigenvalue weighted by atomic mass is 35.5. The van der Waals surface area contributed by atoms with Crippen LogP contribution in [0, 0.1) is 29.6 Å². The van der Waals surface area contributed by atoms with Crippen molar-refractivity contribution in [1.82, 2.24) is 0 Å². The molecule has 0 atom stereocenters. The highest BCUT2D eigenvalue weighted by molar-refractivity contribution is 6.63. The van der Waals surface area contributed by atoms with Crippen LogP contribution in [-0.4, -0.2) is 5.24 Å². The smallest absolute Gasteiger partial charge is 0.224 e. The van der Waals surface area contributed by atoms with Crippen molar-refractivity contribution < 1.29 is 4.79 Å². The fourth-order valence-corrected chi connectivity index (χ4v) is 7.50. The minimum atomic E-state index is -0.132. The molecular weight excluding hydrogens is 412 g/mol. The molecule has 0 spiro atoms. The molecule has 0 saturated heterocycles. The molecule has 2 heteroatoms. The van der Waals surface area contributed by atoms with Gasteiger partial charge in [0.2, 0.25) is 5.24 Å². The first-order valence-electron chi connectivity index (χ1n) is 13.9. The van der Waals surface area contributed by atoms with E-state index in [1.54, 1.807) is 0 Å². The maximum Gasteiger partial charge on any atom is 0.224 e. The monoisotopic (exact) mass is 456 g/mol. The molecule has 32 heavy (non-hydrogen) atoms. The lowest BCUT2D eigenvalue weighted by molar-refractivity contribution is -0.116. The van der Waals surface area contributed by atoms with Crippen LogP contribution in [0.5, 0.6) is 0 Å². The summed E-state index contributed by atoms with van der Waals surface area (Å²) in [7, 11) is 0. The molecule has 178 valence electrons. The van der Waals surface area contributed by atoms with Gasteiger partial charge in [-0.25, -0.2) is 0 Å². The van der Waals surface area contributed by atoms with Gasteiger partial charge in [-0.3, -0.25) is 4.79 Å². The molecule has 3 fully saturated rings. The molecule has 1 nitrogen and oxygen atoms in total. The summed E-state index contributed by atoms with van der Waals surface area (Å²) < 4.78 is 0. The van der Waals surface area contributed by atoms with Gasteiger partial charge in [0.25, 0.3) is 0 Å². The Morgan fingerprint density at radius 3 is 1.78 bits per heavy atom. The molecule has 0 bridgehead atoms. The number of aryl methyl sites for hydroxylation is 1. The second-order valence-electron chi connectivity index (χ2n) is 11.5. The molecule has 3 saturated carbocycles. The third-order valence-corrected chi connectivity index (χ3v) is 9.80. The van der Waals surface area contributed by atoms with E-state index in [1.807, 2.05) is 0 Å². The van der Waals surface area contributed by atoms with Crippen LogP contribution in [0.2, 0.25) is 0 Å². The van der Waals surface area contributed by atoms with E-state index in [2.05, 4.69) is 31.2 Å². The predicted molar refractivity (Wildman–Crippen MR) is 136 cm³/mol. The van der Waals surface area contributed by atoms with Gasteiger partial charge in [0, 0.05) is 5.92 Å². The molecule has 0 amide bonds. The third kappa shape index (κ3) is 6.62. The van der Waals surface area contributed by atoms with E-state index in [9.17, 15) is 4.79 Å². The molecule has 3 aliphatic carbocycles. The average molecular weight is 457 g/mol. The van der Waals surface area contributed by atoms with Crippen molar-refractivity contribution in [2.24, 2.45) is 29.6 Å². The van der Waals surface area contributed by atoms with Gasteiger partial charge in [0.1, 0.15) is 0 Å². The van der Waals surface area contributed by atoms with E-state index in [0.29, 0.717) is 5.92 Å². The van der Waals surface area contributed by atoms with Crippen LogP contribution < -0.4 is 0 Å². The van der Waals surface area contributed by atoms with Gasteiger partial charge in [-0.2, -0.15) is 0 Å². The van der Waals surface area contributed by atoms with Gasteiger partial charge in [0.05, 0.1) is 0 Å². The first-order chi connectivity index (χ1) is 15.6. The third-order valence-electron chi connectivity index (χ3n) is 9.49. The highest BCUT2D eigenvalue weighted by Crippen LogP contribution is 2.43. The van der Waals surface area contributed by atoms with Crippen molar-refractivity contribution in [2.45, 2.75) is 116 Å². The molecule has 0 unspecified atom stereocenters. The van der Waals surface area contributed by atoms with Crippen LogP contribution in [0.4, 0.5) is 0 Å². The number of halogens is 1. The summed E-state index contributed by atoms with van der Waals surface area (Å²) >= 11 is 5.69. The molecule has 4 rings (SSSR count). The average Bonchev–Trinajstić information content (AvgIpc) is 2.84. The zero-order valence-corrected chi connectivity index (χ0v) is 21.1. The second-order valence-corrected chi connectivity index (χ2v) is 11.9. The summed E-state index contributed by atoms with van der Waals surface area (Å²) in [5.41, 5.74) is 2.97. The summed E-state index contributed by atoms with van der Waals surface area (Å²) in [5.74, 6) is 4.79. The molecule has 0 radical (unpaired) electrons. The second kappa shape index (κ2) is 12.0. The molecule has 1 aromatic rings.